The normalized spacial score (nSPS) is 19.5. The number of rotatable bonds is 2. The second-order valence-electron chi connectivity index (χ2n) is 2.72. The van der Waals surface area contributed by atoms with Crippen LogP contribution in [0.15, 0.2) is 23.8 Å². The van der Waals surface area contributed by atoms with Crippen molar-refractivity contribution in [1.29, 1.82) is 0 Å². The Kier molecular flexibility index (Phi) is 3.28. The number of hydrogen-bond donors (Lipinski definition) is 0. The van der Waals surface area contributed by atoms with Crippen molar-refractivity contribution in [2.45, 2.75) is 32.1 Å². The van der Waals surface area contributed by atoms with E-state index in [0.29, 0.717) is 0 Å². The third kappa shape index (κ3) is 2.38. The fourth-order valence-electron chi connectivity index (χ4n) is 1.25. The van der Waals surface area contributed by atoms with E-state index in [0.717, 1.165) is 6.42 Å². The van der Waals surface area contributed by atoms with Gasteiger partial charge in [-0.25, -0.2) is 0 Å². The molecule has 1 aliphatic carbocycles. The van der Waals surface area contributed by atoms with Gasteiger partial charge >= 0.3 is 0 Å². The lowest BCUT2D eigenvalue weighted by atomic mass is 9.99. The van der Waals surface area contributed by atoms with E-state index in [9.17, 15) is 0 Å². The van der Waals surface area contributed by atoms with E-state index in [1.807, 2.05) is 0 Å². The first-order valence-corrected chi connectivity index (χ1v) is 4.08. The van der Waals surface area contributed by atoms with Gasteiger partial charge in [0, 0.05) is 0 Å². The van der Waals surface area contributed by atoms with Crippen molar-refractivity contribution in [3.63, 3.8) is 0 Å². The average molecular weight is 135 g/mol. The first kappa shape index (κ1) is 7.59. The van der Waals surface area contributed by atoms with Gasteiger partial charge in [0.15, 0.2) is 0 Å². The van der Waals surface area contributed by atoms with E-state index in [-0.39, 0.29) is 0 Å². The predicted molar refractivity (Wildman–Crippen MR) is 45.7 cm³/mol. The van der Waals surface area contributed by atoms with Crippen LogP contribution in [0.2, 0.25) is 0 Å². The largest absolute Gasteiger partial charge is 0.0843 e. The molecule has 0 fully saturated rings. The van der Waals surface area contributed by atoms with E-state index in [4.69, 9.17) is 0 Å². The molecule has 0 amide bonds. The third-order valence-corrected chi connectivity index (χ3v) is 1.82. The van der Waals surface area contributed by atoms with Crippen molar-refractivity contribution >= 4 is 0 Å². The molecule has 0 aliphatic heterocycles. The van der Waals surface area contributed by atoms with E-state index >= 15 is 0 Å². The van der Waals surface area contributed by atoms with Gasteiger partial charge in [0.25, 0.3) is 0 Å². The molecule has 1 aliphatic rings. The Labute approximate surface area is 63.6 Å². The highest BCUT2D eigenvalue weighted by Crippen LogP contribution is 2.17. The summed E-state index contributed by atoms with van der Waals surface area (Å²) in [5.74, 6) is 0. The highest BCUT2D eigenvalue weighted by atomic mass is 14.0. The quantitative estimate of drug-likeness (QED) is 0.545. The SMILES string of the molecule is [CH2]CC=CC1=CCCCC1. The summed E-state index contributed by atoms with van der Waals surface area (Å²) >= 11 is 0. The van der Waals surface area contributed by atoms with Gasteiger partial charge in [-0.3, -0.25) is 0 Å². The zero-order valence-electron chi connectivity index (χ0n) is 6.47. The van der Waals surface area contributed by atoms with Crippen LogP contribution in [0.5, 0.6) is 0 Å². The fraction of sp³-hybridized carbons (Fsp3) is 0.500. The molecule has 0 aromatic heterocycles. The number of allylic oxidation sites excluding steroid dienone is 4. The molecule has 0 unspecified atom stereocenters. The fourth-order valence-corrected chi connectivity index (χ4v) is 1.25. The van der Waals surface area contributed by atoms with Gasteiger partial charge in [-0.2, -0.15) is 0 Å². The highest BCUT2D eigenvalue weighted by molar-refractivity contribution is 5.19. The van der Waals surface area contributed by atoms with Gasteiger partial charge < -0.3 is 0 Å². The van der Waals surface area contributed by atoms with Crippen molar-refractivity contribution in [2.75, 3.05) is 0 Å². The summed E-state index contributed by atoms with van der Waals surface area (Å²) in [5.41, 5.74) is 1.51. The Balaban J connectivity index is 2.38. The summed E-state index contributed by atoms with van der Waals surface area (Å²) < 4.78 is 0. The van der Waals surface area contributed by atoms with Crippen LogP contribution >= 0.6 is 0 Å². The maximum atomic E-state index is 3.76. The third-order valence-electron chi connectivity index (χ3n) is 1.82. The van der Waals surface area contributed by atoms with Gasteiger partial charge in [0.1, 0.15) is 0 Å². The van der Waals surface area contributed by atoms with Crippen LogP contribution in [-0.4, -0.2) is 0 Å². The summed E-state index contributed by atoms with van der Waals surface area (Å²) in [6.07, 6.45) is 12.9. The molecule has 0 aromatic rings. The Hall–Kier alpha value is -0.520. The Morgan fingerprint density at radius 1 is 1.50 bits per heavy atom. The lowest BCUT2D eigenvalue weighted by Gasteiger charge is -2.07. The molecule has 0 saturated heterocycles. The molecule has 0 bridgehead atoms. The minimum Gasteiger partial charge on any atom is -0.0843 e. The standard InChI is InChI=1S/C10H15/c1-2-3-7-10-8-5-4-6-9-10/h3,7-8H,1-2,4-6,9H2. The zero-order valence-corrected chi connectivity index (χ0v) is 6.47. The molecule has 0 N–H and O–H groups in total. The molecule has 55 valence electrons. The lowest BCUT2D eigenvalue weighted by Crippen LogP contribution is -1.87. The zero-order chi connectivity index (χ0) is 7.23. The summed E-state index contributed by atoms with van der Waals surface area (Å²) in [4.78, 5) is 0. The topological polar surface area (TPSA) is 0 Å². The van der Waals surface area contributed by atoms with Crippen LogP contribution in [0, 0.1) is 6.92 Å². The molecular weight excluding hydrogens is 120 g/mol. The second kappa shape index (κ2) is 4.32. The van der Waals surface area contributed by atoms with Crippen LogP contribution in [0.25, 0.3) is 0 Å². The monoisotopic (exact) mass is 135 g/mol. The molecule has 10 heavy (non-hydrogen) atoms. The summed E-state index contributed by atoms with van der Waals surface area (Å²) in [6, 6.07) is 0. The number of hydrogen-bond acceptors (Lipinski definition) is 0. The first-order valence-electron chi connectivity index (χ1n) is 4.08. The van der Waals surface area contributed by atoms with E-state index in [1.165, 1.54) is 31.3 Å². The summed E-state index contributed by atoms with van der Waals surface area (Å²) in [5, 5.41) is 0. The van der Waals surface area contributed by atoms with Crippen molar-refractivity contribution in [3.8, 4) is 0 Å². The van der Waals surface area contributed by atoms with Gasteiger partial charge in [-0.1, -0.05) is 23.8 Å². The molecular formula is C10H15. The van der Waals surface area contributed by atoms with Crippen LogP contribution in [-0.2, 0) is 0 Å². The Morgan fingerprint density at radius 2 is 2.40 bits per heavy atom. The van der Waals surface area contributed by atoms with Gasteiger partial charge in [0.2, 0.25) is 0 Å². The molecule has 1 rings (SSSR count). The van der Waals surface area contributed by atoms with Crippen molar-refractivity contribution in [1.82, 2.24) is 0 Å². The lowest BCUT2D eigenvalue weighted by molar-refractivity contribution is 0.712. The molecule has 0 heteroatoms. The molecule has 0 saturated carbocycles. The molecule has 0 heterocycles. The first-order chi connectivity index (χ1) is 4.93. The summed E-state index contributed by atoms with van der Waals surface area (Å²) in [7, 11) is 0. The molecule has 0 spiro atoms. The van der Waals surface area contributed by atoms with Crippen LogP contribution in [0.4, 0.5) is 0 Å². The Bertz CT molecular complexity index is 140. The van der Waals surface area contributed by atoms with Crippen molar-refractivity contribution in [3.05, 3.63) is 30.7 Å². The molecule has 1 radical (unpaired) electrons. The van der Waals surface area contributed by atoms with Crippen LogP contribution in [0.1, 0.15) is 32.1 Å². The highest BCUT2D eigenvalue weighted by Gasteiger charge is 1.98. The van der Waals surface area contributed by atoms with Crippen LogP contribution < -0.4 is 0 Å². The molecule has 0 aromatic carbocycles. The molecule has 0 nitrogen and oxygen atoms in total. The van der Waals surface area contributed by atoms with Crippen LogP contribution in [0.3, 0.4) is 0 Å². The molecule has 0 atom stereocenters. The van der Waals surface area contributed by atoms with Gasteiger partial charge in [-0.15, -0.1) is 0 Å². The van der Waals surface area contributed by atoms with Crippen molar-refractivity contribution < 1.29 is 0 Å². The van der Waals surface area contributed by atoms with Gasteiger partial charge in [-0.05, 0) is 39.0 Å². The van der Waals surface area contributed by atoms with E-state index in [2.05, 4.69) is 25.2 Å². The summed E-state index contributed by atoms with van der Waals surface area (Å²) in [6.45, 7) is 3.76. The van der Waals surface area contributed by atoms with E-state index in [1.54, 1.807) is 0 Å². The van der Waals surface area contributed by atoms with E-state index < -0.39 is 0 Å². The smallest absolute Gasteiger partial charge is 0.0282 e. The maximum Gasteiger partial charge on any atom is -0.0282 e. The second-order valence-corrected chi connectivity index (χ2v) is 2.72. The minimum absolute atomic E-state index is 0.914. The Morgan fingerprint density at radius 3 is 3.00 bits per heavy atom. The van der Waals surface area contributed by atoms with Crippen molar-refractivity contribution in [2.24, 2.45) is 0 Å². The minimum atomic E-state index is 0.914. The van der Waals surface area contributed by atoms with Gasteiger partial charge in [0.05, 0.1) is 0 Å². The predicted octanol–water partition coefficient (Wildman–Crippen LogP) is 3.27. The maximum absolute atomic E-state index is 3.76. The average Bonchev–Trinajstić information content (AvgIpc) is 2.03.